The van der Waals surface area contributed by atoms with Crippen molar-refractivity contribution < 1.29 is 4.79 Å². The molecule has 0 spiro atoms. The molecular formula is C20H20O. The number of allylic oxidation sites excluding steroid dienone is 2. The Hall–Kier alpha value is -1.89. The number of rotatable bonds is 2. The summed E-state index contributed by atoms with van der Waals surface area (Å²) >= 11 is 0. The fourth-order valence-corrected chi connectivity index (χ4v) is 4.19. The summed E-state index contributed by atoms with van der Waals surface area (Å²) in [5.41, 5.74) is 2.21. The van der Waals surface area contributed by atoms with E-state index >= 15 is 0 Å². The number of fused-ring (bicyclic) bond motifs is 2. The van der Waals surface area contributed by atoms with Crippen LogP contribution in [0, 0.1) is 17.3 Å². The standard InChI is InChI=1S/C20H20O/c1-20(2)14-10-11-17(18(20)12-14)19(21)16-9-5-7-13-6-3-4-8-15(13)16/h3-9,11,14,18H,10,12H2,1-2H3. The second-order valence-electron chi connectivity index (χ2n) is 7.06. The number of hydrogen-bond donors (Lipinski definition) is 0. The molecule has 1 nitrogen and oxygen atoms in total. The molecule has 0 N–H and O–H groups in total. The van der Waals surface area contributed by atoms with Crippen LogP contribution in [0.25, 0.3) is 10.8 Å². The number of hydrogen-bond acceptors (Lipinski definition) is 1. The first-order valence-electron chi connectivity index (χ1n) is 7.81. The monoisotopic (exact) mass is 276 g/mol. The Balaban J connectivity index is 1.80. The van der Waals surface area contributed by atoms with Gasteiger partial charge in [0.2, 0.25) is 0 Å². The van der Waals surface area contributed by atoms with E-state index in [2.05, 4.69) is 38.1 Å². The maximum Gasteiger partial charge on any atom is 0.189 e. The molecule has 106 valence electrons. The van der Waals surface area contributed by atoms with Gasteiger partial charge in [-0.2, -0.15) is 0 Å². The van der Waals surface area contributed by atoms with E-state index in [1.807, 2.05) is 24.3 Å². The van der Waals surface area contributed by atoms with Gasteiger partial charge in [0.25, 0.3) is 0 Å². The molecule has 1 heteroatoms. The zero-order valence-corrected chi connectivity index (χ0v) is 12.6. The Kier molecular flexibility index (Phi) is 2.63. The maximum atomic E-state index is 13.1. The van der Waals surface area contributed by atoms with Gasteiger partial charge in [-0.3, -0.25) is 4.79 Å². The van der Waals surface area contributed by atoms with Crippen LogP contribution in [0.4, 0.5) is 0 Å². The van der Waals surface area contributed by atoms with E-state index in [0.29, 0.717) is 11.3 Å². The summed E-state index contributed by atoms with van der Waals surface area (Å²) in [6.45, 7) is 4.63. The summed E-state index contributed by atoms with van der Waals surface area (Å²) < 4.78 is 0. The van der Waals surface area contributed by atoms with Gasteiger partial charge in [0.05, 0.1) is 0 Å². The van der Waals surface area contributed by atoms with E-state index < -0.39 is 0 Å². The van der Waals surface area contributed by atoms with Crippen LogP contribution in [0.15, 0.2) is 54.1 Å². The molecule has 2 atom stereocenters. The van der Waals surface area contributed by atoms with Crippen LogP contribution in [0.2, 0.25) is 0 Å². The van der Waals surface area contributed by atoms with Crippen molar-refractivity contribution in [3.05, 3.63) is 59.7 Å². The zero-order chi connectivity index (χ0) is 14.6. The van der Waals surface area contributed by atoms with Crippen molar-refractivity contribution in [2.24, 2.45) is 17.3 Å². The predicted molar refractivity (Wildman–Crippen MR) is 86.4 cm³/mol. The minimum atomic E-state index is 0.239. The van der Waals surface area contributed by atoms with Crippen molar-refractivity contribution in [1.82, 2.24) is 0 Å². The zero-order valence-electron chi connectivity index (χ0n) is 12.6. The molecule has 2 bridgehead atoms. The molecular weight excluding hydrogens is 256 g/mol. The number of carbonyl (C=O) groups is 1. The lowest BCUT2D eigenvalue weighted by Gasteiger charge is -2.56. The Morgan fingerprint density at radius 1 is 1.10 bits per heavy atom. The molecule has 1 saturated carbocycles. The third-order valence-corrected chi connectivity index (χ3v) is 5.76. The van der Waals surface area contributed by atoms with Crippen LogP contribution in [0.3, 0.4) is 0 Å². The summed E-state index contributed by atoms with van der Waals surface area (Å²) in [5.74, 6) is 1.46. The fourth-order valence-electron chi connectivity index (χ4n) is 4.19. The second-order valence-corrected chi connectivity index (χ2v) is 7.06. The minimum absolute atomic E-state index is 0.239. The van der Waals surface area contributed by atoms with Gasteiger partial charge < -0.3 is 0 Å². The van der Waals surface area contributed by atoms with E-state index in [1.54, 1.807) is 0 Å². The summed E-state index contributed by atoms with van der Waals surface area (Å²) in [7, 11) is 0. The lowest BCUT2D eigenvalue weighted by Crippen LogP contribution is -2.49. The third-order valence-electron chi connectivity index (χ3n) is 5.76. The van der Waals surface area contributed by atoms with E-state index in [0.717, 1.165) is 34.2 Å². The largest absolute Gasteiger partial charge is 0.289 e. The minimum Gasteiger partial charge on any atom is -0.289 e. The maximum absolute atomic E-state index is 13.1. The molecule has 3 aliphatic rings. The molecule has 2 aromatic rings. The predicted octanol–water partition coefficient (Wildman–Crippen LogP) is 5.01. The summed E-state index contributed by atoms with van der Waals surface area (Å²) in [6.07, 6.45) is 4.46. The normalized spacial score (nSPS) is 26.1. The number of benzene rings is 2. The molecule has 0 aromatic heterocycles. The highest BCUT2D eigenvalue weighted by Crippen LogP contribution is 2.59. The molecule has 2 unspecified atom stereocenters. The Morgan fingerprint density at radius 3 is 2.62 bits per heavy atom. The Labute approximate surface area is 125 Å². The van der Waals surface area contributed by atoms with Crippen molar-refractivity contribution in [1.29, 1.82) is 0 Å². The van der Waals surface area contributed by atoms with E-state index in [9.17, 15) is 4.79 Å². The Bertz CT molecular complexity index is 761. The second kappa shape index (κ2) is 4.30. The highest BCUT2D eigenvalue weighted by atomic mass is 16.1. The van der Waals surface area contributed by atoms with Gasteiger partial charge in [0.1, 0.15) is 0 Å². The molecule has 0 aliphatic heterocycles. The molecule has 0 heterocycles. The fraction of sp³-hybridized carbons (Fsp3) is 0.350. The first-order valence-corrected chi connectivity index (χ1v) is 7.81. The van der Waals surface area contributed by atoms with Crippen molar-refractivity contribution in [2.45, 2.75) is 26.7 Å². The molecule has 1 fully saturated rings. The highest BCUT2D eigenvalue weighted by molar-refractivity contribution is 6.16. The van der Waals surface area contributed by atoms with Gasteiger partial charge in [-0.1, -0.05) is 62.4 Å². The van der Waals surface area contributed by atoms with Crippen molar-refractivity contribution in [3.63, 3.8) is 0 Å². The van der Waals surface area contributed by atoms with Crippen molar-refractivity contribution in [2.75, 3.05) is 0 Å². The third kappa shape index (κ3) is 1.73. The average Bonchev–Trinajstić information content (AvgIpc) is 2.53. The first-order chi connectivity index (χ1) is 10.1. The molecule has 2 aromatic carbocycles. The highest BCUT2D eigenvalue weighted by Gasteiger charge is 2.52. The van der Waals surface area contributed by atoms with Gasteiger partial charge in [-0.15, -0.1) is 0 Å². The number of carbonyl (C=O) groups excluding carboxylic acids is 1. The molecule has 0 radical (unpaired) electrons. The van der Waals surface area contributed by atoms with E-state index in [-0.39, 0.29) is 5.78 Å². The van der Waals surface area contributed by atoms with Gasteiger partial charge in [0, 0.05) is 5.56 Å². The van der Waals surface area contributed by atoms with Crippen LogP contribution in [0.5, 0.6) is 0 Å². The van der Waals surface area contributed by atoms with E-state index in [4.69, 9.17) is 0 Å². The van der Waals surface area contributed by atoms with Crippen LogP contribution in [-0.2, 0) is 0 Å². The van der Waals surface area contributed by atoms with Crippen LogP contribution < -0.4 is 0 Å². The average molecular weight is 276 g/mol. The quantitative estimate of drug-likeness (QED) is 0.704. The summed E-state index contributed by atoms with van der Waals surface area (Å²) in [4.78, 5) is 13.1. The van der Waals surface area contributed by atoms with Crippen LogP contribution >= 0.6 is 0 Å². The van der Waals surface area contributed by atoms with Gasteiger partial charge >= 0.3 is 0 Å². The van der Waals surface area contributed by atoms with Crippen molar-refractivity contribution >= 4 is 16.6 Å². The van der Waals surface area contributed by atoms with Crippen molar-refractivity contribution in [3.8, 4) is 0 Å². The topological polar surface area (TPSA) is 17.1 Å². The molecule has 21 heavy (non-hydrogen) atoms. The smallest absolute Gasteiger partial charge is 0.189 e. The lowest BCUT2D eigenvalue weighted by atomic mass is 9.48. The van der Waals surface area contributed by atoms with Crippen LogP contribution in [-0.4, -0.2) is 5.78 Å². The molecule has 0 amide bonds. The molecule has 5 rings (SSSR count). The SMILES string of the molecule is CC1(C)C2CC=C(C(=O)c3cccc4ccccc34)C1C2. The van der Waals surface area contributed by atoms with Crippen LogP contribution in [0.1, 0.15) is 37.0 Å². The van der Waals surface area contributed by atoms with Gasteiger partial charge in [-0.25, -0.2) is 0 Å². The lowest BCUT2D eigenvalue weighted by molar-refractivity contribution is -0.00590. The first kappa shape index (κ1) is 12.8. The number of Topliss-reactive ketones (excluding diaryl/α,β-unsaturated/α-hetero) is 1. The van der Waals surface area contributed by atoms with Gasteiger partial charge in [-0.05, 0) is 46.4 Å². The summed E-state index contributed by atoms with van der Waals surface area (Å²) in [5, 5.41) is 2.22. The molecule has 3 aliphatic carbocycles. The summed E-state index contributed by atoms with van der Waals surface area (Å²) in [6, 6.07) is 14.2. The van der Waals surface area contributed by atoms with E-state index in [1.165, 1.54) is 6.42 Å². The number of ketones is 1. The molecule has 0 saturated heterocycles. The Morgan fingerprint density at radius 2 is 1.86 bits per heavy atom. The van der Waals surface area contributed by atoms with Gasteiger partial charge in [0.15, 0.2) is 5.78 Å².